The average molecular weight is 541 g/mol. The van der Waals surface area contributed by atoms with Gasteiger partial charge in [-0.15, -0.1) is 0 Å². The Hall–Kier alpha value is -4.20. The predicted molar refractivity (Wildman–Crippen MR) is 160 cm³/mol. The molecule has 4 aliphatic heterocycles. The Morgan fingerprint density at radius 1 is 0.575 bits per heavy atom. The molecule has 0 atom stereocenters. The van der Waals surface area contributed by atoms with E-state index in [2.05, 4.69) is 15.0 Å². The summed E-state index contributed by atoms with van der Waals surface area (Å²) in [5.74, 6) is -0.597. The van der Waals surface area contributed by atoms with Crippen molar-refractivity contribution in [3.63, 3.8) is 0 Å². The van der Waals surface area contributed by atoms with Crippen molar-refractivity contribution < 1.29 is 20.1 Å². The van der Waals surface area contributed by atoms with Gasteiger partial charge in [-0.1, -0.05) is 27.7 Å². The van der Waals surface area contributed by atoms with E-state index in [1.807, 2.05) is 55.4 Å². The van der Waals surface area contributed by atoms with Gasteiger partial charge in [-0.05, 0) is 97.9 Å². The zero-order valence-corrected chi connectivity index (χ0v) is 24.4. The van der Waals surface area contributed by atoms with Crippen LogP contribution in [0.25, 0.3) is 11.5 Å². The van der Waals surface area contributed by atoms with Crippen LogP contribution in [0.4, 0.5) is 0 Å². The Morgan fingerprint density at radius 3 is 1.65 bits per heavy atom. The molecule has 0 radical (unpaired) electrons. The Labute approximate surface area is 234 Å². The predicted octanol–water partition coefficient (Wildman–Crippen LogP) is 7.23. The number of ketones is 1. The first-order chi connectivity index (χ1) is 19.0. The highest BCUT2D eigenvalue weighted by Gasteiger charge is 2.37. The first-order valence-corrected chi connectivity index (χ1v) is 14.0. The summed E-state index contributed by atoms with van der Waals surface area (Å²) in [6.45, 7) is 15.3. The Bertz CT molecular complexity index is 1690. The number of aliphatic hydroxyl groups excluding tert-OH is 3. The highest BCUT2D eigenvalue weighted by Crippen LogP contribution is 2.41. The summed E-state index contributed by atoms with van der Waals surface area (Å²) in [5.41, 5.74) is 8.74. The maximum atomic E-state index is 14.0. The van der Waals surface area contributed by atoms with Crippen molar-refractivity contribution in [3.8, 4) is 0 Å². The summed E-state index contributed by atoms with van der Waals surface area (Å²) in [6.07, 6.45) is 2.26. The topological polar surface area (TPSA) is 131 Å². The van der Waals surface area contributed by atoms with Crippen LogP contribution in [0.15, 0.2) is 71.3 Å². The second kappa shape index (κ2) is 9.77. The maximum absolute atomic E-state index is 14.0. The number of fused-ring (bicyclic) bond motifs is 5. The number of aromatic amines is 1. The maximum Gasteiger partial charge on any atom is 0.230 e. The van der Waals surface area contributed by atoms with Gasteiger partial charge in [-0.25, -0.2) is 15.0 Å². The van der Waals surface area contributed by atoms with E-state index in [-0.39, 0.29) is 34.5 Å². The molecular weight excluding hydrogens is 504 g/mol. The van der Waals surface area contributed by atoms with Gasteiger partial charge in [0.05, 0.1) is 11.4 Å². The van der Waals surface area contributed by atoms with Crippen LogP contribution in [0.2, 0.25) is 0 Å². The van der Waals surface area contributed by atoms with Crippen LogP contribution < -0.4 is 0 Å². The molecule has 8 nitrogen and oxygen atoms in total. The Kier molecular flexibility index (Phi) is 6.68. The zero-order chi connectivity index (χ0) is 29.2. The summed E-state index contributed by atoms with van der Waals surface area (Å²) >= 11 is 0. The van der Waals surface area contributed by atoms with Crippen molar-refractivity contribution >= 4 is 34.4 Å². The molecule has 8 heteroatoms. The lowest BCUT2D eigenvalue weighted by atomic mass is 9.94. The van der Waals surface area contributed by atoms with Gasteiger partial charge >= 0.3 is 0 Å². The fraction of sp³-hybridized carbons (Fsp3) is 0.375. The molecule has 0 aromatic carbocycles. The van der Waals surface area contributed by atoms with Crippen molar-refractivity contribution in [2.24, 2.45) is 15.0 Å². The van der Waals surface area contributed by atoms with Gasteiger partial charge < -0.3 is 20.3 Å². The lowest BCUT2D eigenvalue weighted by Gasteiger charge is -2.08. The number of carbonyl (C=O) groups excluding carboxylic acids is 1. The van der Waals surface area contributed by atoms with E-state index in [0.717, 1.165) is 39.0 Å². The number of nitrogens with zero attached hydrogens (tertiary/aromatic N) is 3. The first-order valence-electron chi connectivity index (χ1n) is 14.0. The SMILES string of the molecule is CCC1=C(C)C2=C(O)c3[nH]c(c(C)c3CC)C(O)=C3N=C(C(C)=C3CC)C(O)=C3N=C(C(=O)C1=N2)C(C)=C3CC. The van der Waals surface area contributed by atoms with E-state index < -0.39 is 0 Å². The molecule has 4 aliphatic rings. The summed E-state index contributed by atoms with van der Waals surface area (Å²) in [5, 5.41) is 34.8. The summed E-state index contributed by atoms with van der Waals surface area (Å²) < 4.78 is 0. The molecule has 0 saturated heterocycles. The average Bonchev–Trinajstić information content (AvgIpc) is 3.66. The van der Waals surface area contributed by atoms with Crippen LogP contribution in [-0.4, -0.2) is 43.2 Å². The molecule has 8 bridgehead atoms. The van der Waals surface area contributed by atoms with E-state index in [4.69, 9.17) is 4.99 Å². The van der Waals surface area contributed by atoms with Gasteiger partial charge in [0, 0.05) is 0 Å². The number of nitrogens with one attached hydrogen (secondary N) is 1. The number of hydrogen-bond donors (Lipinski definition) is 4. The van der Waals surface area contributed by atoms with E-state index in [1.54, 1.807) is 0 Å². The zero-order valence-electron chi connectivity index (χ0n) is 24.4. The molecular formula is C32H36N4O4. The number of allylic oxidation sites excluding steroid dienone is 6. The fourth-order valence-corrected chi connectivity index (χ4v) is 6.29. The molecule has 1 aromatic rings. The number of hydrogen-bond acceptors (Lipinski definition) is 7. The van der Waals surface area contributed by atoms with Crippen molar-refractivity contribution in [1.82, 2.24) is 4.98 Å². The minimum absolute atomic E-state index is 0.0577. The standard InChI is InChI=1S/C32H36N4O4/c1-9-17-13(5)21-30(38)26-19(11-3)15(7)23(35-26)32(40)28-20(12-4)16(8)24(36-28)31(39)27-18(10-2)14(6)22(34-27)29(37)25(17)33-21/h33,37-38,40H,9-12H2,1-8H3. The second-order valence-corrected chi connectivity index (χ2v) is 10.5. The highest BCUT2D eigenvalue weighted by atomic mass is 16.3. The van der Waals surface area contributed by atoms with Crippen molar-refractivity contribution in [2.45, 2.75) is 81.1 Å². The number of aliphatic hydroxyl groups is 3. The Morgan fingerprint density at radius 2 is 1.07 bits per heavy atom. The van der Waals surface area contributed by atoms with E-state index >= 15 is 0 Å². The van der Waals surface area contributed by atoms with Crippen molar-refractivity contribution in [2.75, 3.05) is 0 Å². The van der Waals surface area contributed by atoms with Gasteiger partial charge in [-0.3, -0.25) is 4.79 Å². The van der Waals surface area contributed by atoms with Gasteiger partial charge in [0.15, 0.2) is 17.3 Å². The molecule has 0 amide bonds. The van der Waals surface area contributed by atoms with Crippen molar-refractivity contribution in [3.05, 3.63) is 78.8 Å². The smallest absolute Gasteiger partial charge is 0.230 e. The van der Waals surface area contributed by atoms with Crippen LogP contribution >= 0.6 is 0 Å². The molecule has 0 saturated carbocycles. The minimum atomic E-state index is -0.343. The number of H-pyrrole nitrogens is 1. The third-order valence-electron chi connectivity index (χ3n) is 8.55. The van der Waals surface area contributed by atoms with Crippen LogP contribution in [0.1, 0.15) is 90.2 Å². The van der Waals surface area contributed by atoms with Crippen LogP contribution in [0.3, 0.4) is 0 Å². The van der Waals surface area contributed by atoms with E-state index in [9.17, 15) is 20.1 Å². The number of carbonyl (C=O) groups is 1. The number of Topliss-reactive ketones (excluding diaryl/α,β-unsaturated/α-hetero) is 1. The van der Waals surface area contributed by atoms with Crippen LogP contribution in [0.5, 0.6) is 0 Å². The van der Waals surface area contributed by atoms with Crippen LogP contribution in [-0.2, 0) is 11.2 Å². The summed E-state index contributed by atoms with van der Waals surface area (Å²) in [7, 11) is 0. The van der Waals surface area contributed by atoms with E-state index in [1.165, 1.54) is 0 Å². The molecule has 0 aliphatic carbocycles. The normalized spacial score (nSPS) is 19.6. The van der Waals surface area contributed by atoms with Crippen LogP contribution in [0, 0.1) is 6.92 Å². The fourth-order valence-electron chi connectivity index (χ4n) is 6.29. The monoisotopic (exact) mass is 540 g/mol. The lowest BCUT2D eigenvalue weighted by Crippen LogP contribution is -2.24. The number of aromatic nitrogens is 1. The van der Waals surface area contributed by atoms with Gasteiger partial charge in [0.25, 0.3) is 0 Å². The van der Waals surface area contributed by atoms with Crippen molar-refractivity contribution in [1.29, 1.82) is 0 Å². The largest absolute Gasteiger partial charge is 0.504 e. The quantitative estimate of drug-likeness (QED) is 0.321. The van der Waals surface area contributed by atoms with Gasteiger partial charge in [-0.2, -0.15) is 0 Å². The number of rotatable bonds is 4. The first kappa shape index (κ1) is 27.4. The molecule has 208 valence electrons. The third kappa shape index (κ3) is 3.65. The minimum Gasteiger partial charge on any atom is -0.504 e. The third-order valence-corrected chi connectivity index (χ3v) is 8.55. The molecule has 4 N–H and O–H groups in total. The second-order valence-electron chi connectivity index (χ2n) is 10.5. The summed E-state index contributed by atoms with van der Waals surface area (Å²) in [4.78, 5) is 31.3. The Balaban J connectivity index is 1.94. The highest BCUT2D eigenvalue weighted by molar-refractivity contribution is 6.73. The molecule has 5 heterocycles. The van der Waals surface area contributed by atoms with Gasteiger partial charge in [0.1, 0.15) is 34.2 Å². The molecule has 40 heavy (non-hydrogen) atoms. The van der Waals surface area contributed by atoms with Gasteiger partial charge in [0.2, 0.25) is 5.78 Å². The molecule has 0 fully saturated rings. The summed E-state index contributed by atoms with van der Waals surface area (Å²) in [6, 6.07) is 0. The van der Waals surface area contributed by atoms with E-state index in [0.29, 0.717) is 65.4 Å². The lowest BCUT2D eigenvalue weighted by molar-refractivity contribution is -0.107. The molecule has 0 unspecified atom stereocenters. The molecule has 0 spiro atoms. The molecule has 1 aromatic heterocycles. The number of aliphatic imine (C=N–C) groups is 3. The molecule has 5 rings (SSSR count).